The number of amides is 1. The third-order valence-electron chi connectivity index (χ3n) is 3.94. The van der Waals surface area contributed by atoms with Crippen molar-refractivity contribution in [3.05, 3.63) is 69.7 Å². The maximum absolute atomic E-state index is 12.9. The fraction of sp³-hybridized carbons (Fsp3) is 0.316. The zero-order chi connectivity index (χ0) is 20.7. The summed E-state index contributed by atoms with van der Waals surface area (Å²) >= 11 is 12.2. The Morgan fingerprint density at radius 1 is 1.14 bits per heavy atom. The van der Waals surface area contributed by atoms with Gasteiger partial charge in [-0.3, -0.25) is 4.79 Å². The largest absolute Gasteiger partial charge is 0.382 e. The van der Waals surface area contributed by atoms with Crippen LogP contribution in [0.25, 0.3) is 0 Å². The lowest BCUT2D eigenvalue weighted by Crippen LogP contribution is -2.49. The van der Waals surface area contributed by atoms with E-state index in [2.05, 4.69) is 10.0 Å². The van der Waals surface area contributed by atoms with Crippen LogP contribution in [0.15, 0.2) is 48.5 Å². The molecule has 0 aliphatic carbocycles. The number of halogens is 2. The first-order chi connectivity index (χ1) is 13.2. The standard InChI is InChI=1S/C19H22Cl2N2O4S/c1-27-12-18(15-9-8-14(20)11-16(15)21)22-19(24)17(23-28(2,25)26)10-13-6-4-3-5-7-13/h3-9,11,17-18,23H,10,12H2,1-2H3,(H,22,24). The molecule has 0 aliphatic heterocycles. The Morgan fingerprint density at radius 2 is 1.82 bits per heavy atom. The Bertz CT molecular complexity index is 907. The molecule has 0 heterocycles. The number of carbonyl (C=O) groups is 1. The summed E-state index contributed by atoms with van der Waals surface area (Å²) in [6.45, 7) is 0.157. The lowest BCUT2D eigenvalue weighted by atomic mass is 10.0. The average molecular weight is 445 g/mol. The van der Waals surface area contributed by atoms with Crippen LogP contribution in [-0.2, 0) is 26.0 Å². The van der Waals surface area contributed by atoms with Gasteiger partial charge in [0.25, 0.3) is 0 Å². The predicted octanol–water partition coefficient (Wildman–Crippen LogP) is 2.96. The first-order valence-corrected chi connectivity index (χ1v) is 11.1. The Kier molecular flexibility index (Phi) is 8.27. The van der Waals surface area contributed by atoms with E-state index in [9.17, 15) is 13.2 Å². The molecule has 0 aromatic heterocycles. The number of hydrogen-bond acceptors (Lipinski definition) is 4. The van der Waals surface area contributed by atoms with Crippen molar-refractivity contribution in [3.8, 4) is 0 Å². The van der Waals surface area contributed by atoms with Crippen molar-refractivity contribution in [1.82, 2.24) is 10.0 Å². The number of benzene rings is 2. The molecule has 2 atom stereocenters. The minimum absolute atomic E-state index is 0.157. The molecular formula is C19H22Cl2N2O4S. The van der Waals surface area contributed by atoms with Gasteiger partial charge in [-0.05, 0) is 29.7 Å². The zero-order valence-corrected chi connectivity index (χ0v) is 17.8. The highest BCUT2D eigenvalue weighted by atomic mass is 35.5. The second-order valence-corrected chi connectivity index (χ2v) is 8.94. The summed E-state index contributed by atoms with van der Waals surface area (Å²) in [5.74, 6) is -0.484. The number of nitrogens with one attached hydrogen (secondary N) is 2. The maximum atomic E-state index is 12.9. The number of sulfonamides is 1. The van der Waals surface area contributed by atoms with Gasteiger partial charge in [-0.15, -0.1) is 0 Å². The highest BCUT2D eigenvalue weighted by Gasteiger charge is 2.26. The van der Waals surface area contributed by atoms with Crippen molar-refractivity contribution in [3.63, 3.8) is 0 Å². The third-order valence-corrected chi connectivity index (χ3v) is 5.22. The van der Waals surface area contributed by atoms with E-state index in [0.717, 1.165) is 11.8 Å². The summed E-state index contributed by atoms with van der Waals surface area (Å²) in [5, 5.41) is 3.67. The van der Waals surface area contributed by atoms with Gasteiger partial charge in [-0.25, -0.2) is 13.1 Å². The van der Waals surface area contributed by atoms with Gasteiger partial charge >= 0.3 is 0 Å². The molecule has 0 saturated carbocycles. The van der Waals surface area contributed by atoms with Crippen LogP contribution in [0.2, 0.25) is 10.0 Å². The number of ether oxygens (including phenoxy) is 1. The van der Waals surface area contributed by atoms with Crippen LogP contribution >= 0.6 is 23.2 Å². The van der Waals surface area contributed by atoms with E-state index in [-0.39, 0.29) is 13.0 Å². The van der Waals surface area contributed by atoms with E-state index in [1.807, 2.05) is 30.3 Å². The fourth-order valence-electron chi connectivity index (χ4n) is 2.73. The Balaban J connectivity index is 2.25. The highest BCUT2D eigenvalue weighted by molar-refractivity contribution is 7.88. The monoisotopic (exact) mass is 444 g/mol. The molecule has 28 heavy (non-hydrogen) atoms. The molecule has 2 N–H and O–H groups in total. The van der Waals surface area contributed by atoms with Crippen molar-refractivity contribution in [2.45, 2.75) is 18.5 Å². The summed E-state index contributed by atoms with van der Waals surface area (Å²) in [4.78, 5) is 12.9. The maximum Gasteiger partial charge on any atom is 0.239 e. The third kappa shape index (κ3) is 7.07. The molecule has 0 aliphatic rings. The number of carbonyl (C=O) groups excluding carboxylic acids is 1. The molecule has 0 radical (unpaired) electrons. The lowest BCUT2D eigenvalue weighted by molar-refractivity contribution is -0.123. The summed E-state index contributed by atoms with van der Waals surface area (Å²) in [6, 6.07) is 12.5. The highest BCUT2D eigenvalue weighted by Crippen LogP contribution is 2.26. The minimum atomic E-state index is -3.60. The van der Waals surface area contributed by atoms with Crippen LogP contribution in [0.5, 0.6) is 0 Å². The van der Waals surface area contributed by atoms with Crippen molar-refractivity contribution in [1.29, 1.82) is 0 Å². The smallest absolute Gasteiger partial charge is 0.239 e. The average Bonchev–Trinajstić information content (AvgIpc) is 2.60. The van der Waals surface area contributed by atoms with Gasteiger partial charge in [0.2, 0.25) is 15.9 Å². The van der Waals surface area contributed by atoms with E-state index in [1.54, 1.807) is 18.2 Å². The fourth-order valence-corrected chi connectivity index (χ4v) is 3.98. The van der Waals surface area contributed by atoms with Crippen molar-refractivity contribution >= 4 is 39.1 Å². The molecule has 2 aromatic rings. The van der Waals surface area contributed by atoms with Gasteiger partial charge in [0.05, 0.1) is 18.9 Å². The Morgan fingerprint density at radius 3 is 2.39 bits per heavy atom. The van der Waals surface area contributed by atoms with E-state index in [1.165, 1.54) is 7.11 Å². The number of rotatable bonds is 9. The van der Waals surface area contributed by atoms with Crippen molar-refractivity contribution < 1.29 is 17.9 Å². The normalized spacial score (nSPS) is 13.7. The van der Waals surface area contributed by atoms with E-state index in [0.29, 0.717) is 15.6 Å². The van der Waals surface area contributed by atoms with E-state index in [4.69, 9.17) is 27.9 Å². The van der Waals surface area contributed by atoms with Gasteiger partial charge in [-0.2, -0.15) is 0 Å². The van der Waals surface area contributed by atoms with Gasteiger partial charge in [0.15, 0.2) is 0 Å². The molecule has 2 rings (SSSR count). The van der Waals surface area contributed by atoms with Gasteiger partial charge in [0.1, 0.15) is 6.04 Å². The van der Waals surface area contributed by atoms with E-state index >= 15 is 0 Å². The molecule has 1 amide bonds. The van der Waals surface area contributed by atoms with Crippen LogP contribution in [0.4, 0.5) is 0 Å². The number of methoxy groups -OCH3 is 1. The van der Waals surface area contributed by atoms with Crippen LogP contribution in [-0.4, -0.2) is 40.3 Å². The molecule has 0 saturated heterocycles. The first-order valence-electron chi connectivity index (χ1n) is 8.45. The Hall–Kier alpha value is -1.64. The molecule has 2 unspecified atom stereocenters. The Labute approximate surface area is 175 Å². The lowest BCUT2D eigenvalue weighted by Gasteiger charge is -2.24. The molecular weight excluding hydrogens is 423 g/mol. The van der Waals surface area contributed by atoms with Crippen LogP contribution < -0.4 is 10.0 Å². The van der Waals surface area contributed by atoms with Gasteiger partial charge < -0.3 is 10.1 Å². The predicted molar refractivity (Wildman–Crippen MR) is 111 cm³/mol. The molecule has 152 valence electrons. The first kappa shape index (κ1) is 22.6. The summed E-state index contributed by atoms with van der Waals surface area (Å²) in [5.41, 5.74) is 1.45. The second-order valence-electron chi connectivity index (χ2n) is 6.31. The van der Waals surface area contributed by atoms with E-state index < -0.39 is 28.0 Å². The molecule has 6 nitrogen and oxygen atoms in total. The van der Waals surface area contributed by atoms with Crippen LogP contribution in [0, 0.1) is 0 Å². The van der Waals surface area contributed by atoms with Gasteiger partial charge in [0, 0.05) is 17.2 Å². The van der Waals surface area contributed by atoms with Crippen molar-refractivity contribution in [2.24, 2.45) is 0 Å². The molecule has 0 spiro atoms. The molecule has 0 fully saturated rings. The SMILES string of the molecule is COCC(NC(=O)C(Cc1ccccc1)NS(C)(=O)=O)c1ccc(Cl)cc1Cl. The molecule has 0 bridgehead atoms. The van der Waals surface area contributed by atoms with Crippen LogP contribution in [0.3, 0.4) is 0 Å². The topological polar surface area (TPSA) is 84.5 Å². The summed E-state index contributed by atoms with van der Waals surface area (Å²) in [7, 11) is -2.10. The van der Waals surface area contributed by atoms with Gasteiger partial charge in [-0.1, -0.05) is 59.6 Å². The minimum Gasteiger partial charge on any atom is -0.382 e. The van der Waals surface area contributed by atoms with Crippen molar-refractivity contribution in [2.75, 3.05) is 20.0 Å². The number of hydrogen-bond donors (Lipinski definition) is 2. The second kappa shape index (κ2) is 10.2. The molecule has 2 aromatic carbocycles. The summed E-state index contributed by atoms with van der Waals surface area (Å²) in [6.07, 6.45) is 1.22. The molecule has 9 heteroatoms. The quantitative estimate of drug-likeness (QED) is 0.622. The zero-order valence-electron chi connectivity index (χ0n) is 15.5. The van der Waals surface area contributed by atoms with Crippen LogP contribution in [0.1, 0.15) is 17.2 Å². The summed E-state index contributed by atoms with van der Waals surface area (Å²) < 4.78 is 31.1.